The van der Waals surface area contributed by atoms with Crippen molar-refractivity contribution in [3.8, 4) is 17.2 Å². The molecule has 3 rings (SSSR count). The summed E-state index contributed by atoms with van der Waals surface area (Å²) in [5.41, 5.74) is -0.0500. The molecule has 0 spiro atoms. The number of nitrogens with zero attached hydrogens (tertiary/aromatic N) is 4. The first-order chi connectivity index (χ1) is 13.3. The van der Waals surface area contributed by atoms with Gasteiger partial charge in [0.15, 0.2) is 0 Å². The van der Waals surface area contributed by atoms with Crippen LogP contribution in [0.3, 0.4) is 0 Å². The fraction of sp³-hybridized carbons (Fsp3) is 0.200. The van der Waals surface area contributed by atoms with Crippen LogP contribution in [0.2, 0.25) is 0 Å². The van der Waals surface area contributed by atoms with E-state index in [2.05, 4.69) is 20.3 Å². The minimum Gasteiger partial charge on any atom is -0.344 e. The molecule has 2 aromatic heterocycles. The second-order valence-electron chi connectivity index (χ2n) is 6.59. The van der Waals surface area contributed by atoms with Gasteiger partial charge in [-0.05, 0) is 44.2 Å². The van der Waals surface area contributed by atoms with Crippen molar-refractivity contribution >= 4 is 5.95 Å². The summed E-state index contributed by atoms with van der Waals surface area (Å²) in [5, 5.41) is 11.9. The molecule has 0 saturated heterocycles. The number of halogens is 3. The molecule has 142 valence electrons. The number of aromatic nitrogens is 3. The van der Waals surface area contributed by atoms with Crippen molar-refractivity contribution in [2.75, 3.05) is 5.32 Å². The maximum Gasteiger partial charge on any atom is 0.265 e. The first-order valence-electron chi connectivity index (χ1n) is 8.35. The number of rotatable bonds is 5. The van der Waals surface area contributed by atoms with Gasteiger partial charge in [-0.2, -0.15) is 5.26 Å². The van der Waals surface area contributed by atoms with Gasteiger partial charge in [0.25, 0.3) is 6.43 Å². The average molecular weight is 383 g/mol. The Balaban J connectivity index is 1.88. The van der Waals surface area contributed by atoms with E-state index in [1.54, 1.807) is 13.8 Å². The highest BCUT2D eigenvalue weighted by molar-refractivity contribution is 5.64. The van der Waals surface area contributed by atoms with Crippen molar-refractivity contribution in [3.63, 3.8) is 0 Å². The Bertz CT molecular complexity index is 1030. The predicted molar refractivity (Wildman–Crippen MR) is 98.0 cm³/mol. The number of alkyl halides is 2. The van der Waals surface area contributed by atoms with Crippen LogP contribution in [0.4, 0.5) is 19.1 Å². The first-order valence-corrected chi connectivity index (χ1v) is 8.35. The van der Waals surface area contributed by atoms with Gasteiger partial charge in [-0.1, -0.05) is 0 Å². The first kappa shape index (κ1) is 19.3. The minimum absolute atomic E-state index is 0.174. The van der Waals surface area contributed by atoms with Gasteiger partial charge in [-0.15, -0.1) is 0 Å². The largest absolute Gasteiger partial charge is 0.344 e. The van der Waals surface area contributed by atoms with Gasteiger partial charge in [0.1, 0.15) is 5.82 Å². The van der Waals surface area contributed by atoms with E-state index >= 15 is 0 Å². The highest BCUT2D eigenvalue weighted by atomic mass is 19.3. The van der Waals surface area contributed by atoms with Crippen molar-refractivity contribution in [1.29, 1.82) is 5.26 Å². The number of nitrogens with one attached hydrogen (secondary N) is 1. The van der Waals surface area contributed by atoms with Crippen LogP contribution in [0.25, 0.3) is 11.1 Å². The number of hydrogen-bond donors (Lipinski definition) is 1. The summed E-state index contributed by atoms with van der Waals surface area (Å²) < 4.78 is 40.6. The number of hydrogen-bond acceptors (Lipinski definition) is 5. The summed E-state index contributed by atoms with van der Waals surface area (Å²) in [6.07, 6.45) is 1.58. The summed E-state index contributed by atoms with van der Waals surface area (Å²) in [7, 11) is 0. The third-order valence-electron chi connectivity index (χ3n) is 4.15. The normalized spacial score (nSPS) is 11.3. The fourth-order valence-electron chi connectivity index (χ4n) is 2.80. The lowest BCUT2D eigenvalue weighted by Gasteiger charge is -2.27. The van der Waals surface area contributed by atoms with E-state index in [4.69, 9.17) is 5.26 Å². The van der Waals surface area contributed by atoms with Gasteiger partial charge < -0.3 is 5.32 Å². The van der Waals surface area contributed by atoms with E-state index in [1.807, 2.05) is 6.07 Å². The topological polar surface area (TPSA) is 74.5 Å². The standard InChI is InChI=1S/C20H16F3N5/c1-20(2,17-14(18(22)23)4-3-7-25-17)28-19-26-10-13(11-27-19)15-8-12(9-24)5-6-16(15)21/h3-8,10-11,18H,1-2H3,(H,26,27,28). The average Bonchev–Trinajstić information content (AvgIpc) is 2.69. The number of benzene rings is 1. The molecule has 3 aromatic rings. The second-order valence-corrected chi connectivity index (χ2v) is 6.59. The van der Waals surface area contributed by atoms with Crippen molar-refractivity contribution in [3.05, 3.63) is 71.6 Å². The van der Waals surface area contributed by atoms with E-state index in [0.29, 0.717) is 11.1 Å². The van der Waals surface area contributed by atoms with Crippen molar-refractivity contribution in [2.45, 2.75) is 25.8 Å². The molecule has 0 unspecified atom stereocenters. The molecule has 5 nitrogen and oxygen atoms in total. The summed E-state index contributed by atoms with van der Waals surface area (Å²) in [6, 6.07) is 8.73. The Hall–Kier alpha value is -3.47. The lowest BCUT2D eigenvalue weighted by molar-refractivity contribution is 0.148. The second kappa shape index (κ2) is 7.64. The van der Waals surface area contributed by atoms with E-state index in [1.165, 1.54) is 48.9 Å². The zero-order valence-electron chi connectivity index (χ0n) is 15.1. The van der Waals surface area contributed by atoms with Gasteiger partial charge in [-0.25, -0.2) is 23.1 Å². The van der Waals surface area contributed by atoms with E-state index in [0.717, 1.165) is 0 Å². The molecular formula is C20H16F3N5. The number of nitriles is 1. The molecule has 0 radical (unpaired) electrons. The highest BCUT2D eigenvalue weighted by Gasteiger charge is 2.29. The summed E-state index contributed by atoms with van der Waals surface area (Å²) >= 11 is 0. The van der Waals surface area contributed by atoms with Crippen LogP contribution in [-0.2, 0) is 5.54 Å². The minimum atomic E-state index is -2.66. The molecule has 0 saturated carbocycles. The zero-order valence-corrected chi connectivity index (χ0v) is 15.1. The number of anilines is 1. The molecule has 0 aliphatic carbocycles. The SMILES string of the molecule is CC(C)(Nc1ncc(-c2cc(C#N)ccc2F)cn1)c1ncccc1C(F)F. The lowest BCUT2D eigenvalue weighted by Crippen LogP contribution is -2.31. The molecule has 0 amide bonds. The maximum atomic E-state index is 14.0. The molecular weight excluding hydrogens is 367 g/mol. The van der Waals surface area contributed by atoms with Gasteiger partial charge >= 0.3 is 0 Å². The maximum absolute atomic E-state index is 14.0. The van der Waals surface area contributed by atoms with E-state index in [9.17, 15) is 13.2 Å². The van der Waals surface area contributed by atoms with Crippen LogP contribution in [-0.4, -0.2) is 15.0 Å². The molecule has 28 heavy (non-hydrogen) atoms. The molecule has 8 heteroatoms. The summed E-state index contributed by atoms with van der Waals surface area (Å²) in [6.45, 7) is 3.38. The van der Waals surface area contributed by atoms with Crippen molar-refractivity contribution in [1.82, 2.24) is 15.0 Å². The Labute approximate surface area is 159 Å². The molecule has 1 aromatic carbocycles. The van der Waals surface area contributed by atoms with E-state index in [-0.39, 0.29) is 22.8 Å². The van der Waals surface area contributed by atoms with Crippen LogP contribution in [0.5, 0.6) is 0 Å². The lowest BCUT2D eigenvalue weighted by atomic mass is 9.95. The quantitative estimate of drug-likeness (QED) is 0.683. The van der Waals surface area contributed by atoms with Gasteiger partial charge in [0, 0.05) is 35.3 Å². The van der Waals surface area contributed by atoms with Crippen molar-refractivity contribution in [2.24, 2.45) is 0 Å². The molecule has 1 N–H and O–H groups in total. The third-order valence-corrected chi connectivity index (χ3v) is 4.15. The third kappa shape index (κ3) is 3.93. The Morgan fingerprint density at radius 1 is 1.11 bits per heavy atom. The van der Waals surface area contributed by atoms with Crippen LogP contribution in [0.1, 0.15) is 37.1 Å². The summed E-state index contributed by atoms with van der Waals surface area (Å²) in [4.78, 5) is 12.4. The summed E-state index contributed by atoms with van der Waals surface area (Å²) in [5.74, 6) is -0.324. The molecule has 0 atom stereocenters. The molecule has 2 heterocycles. The molecule has 0 fully saturated rings. The van der Waals surface area contributed by atoms with Crippen molar-refractivity contribution < 1.29 is 13.2 Å². The van der Waals surface area contributed by atoms with E-state index < -0.39 is 17.8 Å². The van der Waals surface area contributed by atoms with Gasteiger partial charge in [0.2, 0.25) is 5.95 Å². The number of pyridine rings is 1. The smallest absolute Gasteiger partial charge is 0.265 e. The zero-order chi connectivity index (χ0) is 20.3. The van der Waals surface area contributed by atoms with Gasteiger partial charge in [0.05, 0.1) is 22.9 Å². The Morgan fingerprint density at radius 2 is 1.82 bits per heavy atom. The highest BCUT2D eigenvalue weighted by Crippen LogP contribution is 2.31. The van der Waals surface area contributed by atoms with Gasteiger partial charge in [-0.3, -0.25) is 4.98 Å². The van der Waals surface area contributed by atoms with Crippen LogP contribution in [0.15, 0.2) is 48.9 Å². The Kier molecular flexibility index (Phi) is 5.27. The van der Waals surface area contributed by atoms with Crippen LogP contribution >= 0.6 is 0 Å². The van der Waals surface area contributed by atoms with Crippen LogP contribution < -0.4 is 5.32 Å². The van der Waals surface area contributed by atoms with Crippen LogP contribution in [0, 0.1) is 17.1 Å². The molecule has 0 aliphatic heterocycles. The predicted octanol–water partition coefficient (Wildman–Crippen LogP) is 4.83. The monoisotopic (exact) mass is 383 g/mol. The molecule has 0 aliphatic rings. The molecule has 0 bridgehead atoms. The Morgan fingerprint density at radius 3 is 2.46 bits per heavy atom. The fourth-order valence-corrected chi connectivity index (χ4v) is 2.80.